The fourth-order valence-corrected chi connectivity index (χ4v) is 3.98. The maximum absolute atomic E-state index is 12.4. The summed E-state index contributed by atoms with van der Waals surface area (Å²) in [7, 11) is 0. The summed E-state index contributed by atoms with van der Waals surface area (Å²) < 4.78 is 0. The molecule has 0 aliphatic carbocycles. The first-order valence-electron chi connectivity index (χ1n) is 6.84. The van der Waals surface area contributed by atoms with Crippen molar-refractivity contribution < 1.29 is 9.59 Å². The van der Waals surface area contributed by atoms with Gasteiger partial charge in [0.2, 0.25) is 11.8 Å². The number of hydrogen-bond donors (Lipinski definition) is 0. The second kappa shape index (κ2) is 4.96. The molecule has 0 aromatic carbocycles. The number of aryl methyl sites for hydroxylation is 1. The van der Waals surface area contributed by atoms with Crippen molar-refractivity contribution in [2.75, 3.05) is 13.1 Å². The van der Waals surface area contributed by atoms with Crippen molar-refractivity contribution in [3.8, 4) is 0 Å². The molecule has 102 valence electrons. The third kappa shape index (κ3) is 2.16. The van der Waals surface area contributed by atoms with Crippen LogP contribution >= 0.6 is 11.3 Å². The van der Waals surface area contributed by atoms with Gasteiger partial charge in [-0.05, 0) is 36.3 Å². The molecule has 2 saturated heterocycles. The molecule has 1 unspecified atom stereocenters. The van der Waals surface area contributed by atoms with Gasteiger partial charge >= 0.3 is 0 Å². The van der Waals surface area contributed by atoms with Crippen LogP contribution in [0.2, 0.25) is 0 Å². The Morgan fingerprint density at radius 1 is 1.42 bits per heavy atom. The minimum absolute atomic E-state index is 0.108. The van der Waals surface area contributed by atoms with Crippen molar-refractivity contribution in [2.45, 2.75) is 38.8 Å². The van der Waals surface area contributed by atoms with Crippen molar-refractivity contribution in [3.05, 3.63) is 21.9 Å². The lowest BCUT2D eigenvalue weighted by Gasteiger charge is -2.36. The molecule has 0 spiro atoms. The zero-order valence-corrected chi connectivity index (χ0v) is 11.9. The van der Waals surface area contributed by atoms with Crippen LogP contribution in [0.3, 0.4) is 0 Å². The fraction of sp³-hybridized carbons (Fsp3) is 0.571. The van der Waals surface area contributed by atoms with Gasteiger partial charge in [-0.2, -0.15) is 0 Å². The Labute approximate surface area is 117 Å². The number of amides is 2. The number of piperazine rings is 1. The van der Waals surface area contributed by atoms with Crippen molar-refractivity contribution in [1.82, 2.24) is 9.80 Å². The summed E-state index contributed by atoms with van der Waals surface area (Å²) in [6, 6.07) is 1.92. The Bertz CT molecular complexity index is 511. The van der Waals surface area contributed by atoms with E-state index in [0.717, 1.165) is 25.8 Å². The van der Waals surface area contributed by atoms with Crippen LogP contribution < -0.4 is 0 Å². The van der Waals surface area contributed by atoms with E-state index in [9.17, 15) is 9.59 Å². The molecule has 0 bridgehead atoms. The molecule has 1 aromatic rings. The van der Waals surface area contributed by atoms with E-state index in [-0.39, 0.29) is 24.4 Å². The standard InChI is InChI=1S/C14H18N2O2S/c1-2-10-5-7-19-12(10)8-15-9-13(17)16-6-3-4-11(16)14(15)18/h5,7,11H,2-4,6,8-9H2,1H3. The number of nitrogens with zero attached hydrogens (tertiary/aromatic N) is 2. The van der Waals surface area contributed by atoms with Crippen molar-refractivity contribution >= 4 is 23.2 Å². The van der Waals surface area contributed by atoms with Gasteiger partial charge in [0, 0.05) is 11.4 Å². The summed E-state index contributed by atoms with van der Waals surface area (Å²) in [5.74, 6) is 0.240. The molecule has 2 aliphatic heterocycles. The molecular formula is C14H18N2O2S. The highest BCUT2D eigenvalue weighted by Crippen LogP contribution is 2.26. The summed E-state index contributed by atoms with van der Waals surface area (Å²) in [5, 5.41) is 2.06. The SMILES string of the molecule is CCc1ccsc1CN1CC(=O)N2CCCC2C1=O. The zero-order chi connectivity index (χ0) is 13.4. The Morgan fingerprint density at radius 3 is 3.05 bits per heavy atom. The Balaban J connectivity index is 1.78. The van der Waals surface area contributed by atoms with Gasteiger partial charge in [0.15, 0.2) is 0 Å². The molecule has 2 fully saturated rings. The van der Waals surface area contributed by atoms with E-state index in [0.29, 0.717) is 6.54 Å². The monoisotopic (exact) mass is 278 g/mol. The zero-order valence-electron chi connectivity index (χ0n) is 11.1. The number of thiophene rings is 1. The van der Waals surface area contributed by atoms with Gasteiger partial charge in [0.1, 0.15) is 12.6 Å². The van der Waals surface area contributed by atoms with E-state index in [1.807, 2.05) is 0 Å². The molecular weight excluding hydrogens is 260 g/mol. The molecule has 2 aliphatic rings. The highest BCUT2D eigenvalue weighted by molar-refractivity contribution is 7.10. The summed E-state index contributed by atoms with van der Waals surface area (Å²) in [6.07, 6.45) is 2.76. The highest BCUT2D eigenvalue weighted by atomic mass is 32.1. The number of carbonyl (C=O) groups is 2. The van der Waals surface area contributed by atoms with Gasteiger partial charge in [-0.25, -0.2) is 0 Å². The van der Waals surface area contributed by atoms with E-state index in [2.05, 4.69) is 18.4 Å². The maximum atomic E-state index is 12.4. The molecule has 2 amide bonds. The number of hydrogen-bond acceptors (Lipinski definition) is 3. The summed E-state index contributed by atoms with van der Waals surface area (Å²) in [5.41, 5.74) is 1.29. The van der Waals surface area contributed by atoms with E-state index in [4.69, 9.17) is 0 Å². The Kier molecular flexibility index (Phi) is 3.31. The molecule has 0 saturated carbocycles. The van der Waals surface area contributed by atoms with Gasteiger partial charge in [-0.3, -0.25) is 9.59 Å². The van der Waals surface area contributed by atoms with Crippen LogP contribution in [-0.2, 0) is 22.6 Å². The lowest BCUT2D eigenvalue weighted by Crippen LogP contribution is -2.56. The maximum Gasteiger partial charge on any atom is 0.246 e. The first-order chi connectivity index (χ1) is 9.20. The van der Waals surface area contributed by atoms with Gasteiger partial charge in [0.05, 0.1) is 6.54 Å². The minimum atomic E-state index is -0.189. The average molecular weight is 278 g/mol. The van der Waals surface area contributed by atoms with Gasteiger partial charge in [-0.1, -0.05) is 6.92 Å². The van der Waals surface area contributed by atoms with Crippen molar-refractivity contribution in [2.24, 2.45) is 0 Å². The lowest BCUT2D eigenvalue weighted by atomic mass is 10.1. The summed E-state index contributed by atoms with van der Waals surface area (Å²) >= 11 is 1.68. The first-order valence-corrected chi connectivity index (χ1v) is 7.72. The normalized spacial score (nSPS) is 23.1. The Morgan fingerprint density at radius 2 is 2.26 bits per heavy atom. The molecule has 4 nitrogen and oxygen atoms in total. The average Bonchev–Trinajstić information content (AvgIpc) is 3.04. The molecule has 0 radical (unpaired) electrons. The first kappa shape index (κ1) is 12.7. The van der Waals surface area contributed by atoms with Crippen molar-refractivity contribution in [1.29, 1.82) is 0 Å². The molecule has 19 heavy (non-hydrogen) atoms. The largest absolute Gasteiger partial charge is 0.329 e. The van der Waals surface area contributed by atoms with Gasteiger partial charge < -0.3 is 9.80 Å². The van der Waals surface area contributed by atoms with E-state index in [1.165, 1.54) is 10.4 Å². The van der Waals surface area contributed by atoms with Gasteiger partial charge in [0.25, 0.3) is 0 Å². The topological polar surface area (TPSA) is 40.6 Å². The summed E-state index contributed by atoms with van der Waals surface area (Å²) in [6.45, 7) is 3.71. The predicted octanol–water partition coefficient (Wildman–Crippen LogP) is 1.64. The molecule has 3 rings (SSSR count). The van der Waals surface area contributed by atoms with Crippen LogP contribution in [-0.4, -0.2) is 40.7 Å². The molecule has 1 aromatic heterocycles. The number of rotatable bonds is 3. The minimum Gasteiger partial charge on any atom is -0.329 e. The van der Waals surface area contributed by atoms with E-state index < -0.39 is 0 Å². The van der Waals surface area contributed by atoms with Crippen LogP contribution in [0.15, 0.2) is 11.4 Å². The Hall–Kier alpha value is -1.36. The smallest absolute Gasteiger partial charge is 0.246 e. The van der Waals surface area contributed by atoms with Crippen LogP contribution in [0.4, 0.5) is 0 Å². The fourth-order valence-electron chi connectivity index (χ4n) is 2.99. The van der Waals surface area contributed by atoms with Crippen LogP contribution in [0, 0.1) is 0 Å². The molecule has 0 N–H and O–H groups in total. The van der Waals surface area contributed by atoms with E-state index >= 15 is 0 Å². The summed E-state index contributed by atoms with van der Waals surface area (Å²) in [4.78, 5) is 29.2. The lowest BCUT2D eigenvalue weighted by molar-refractivity contribution is -0.154. The van der Waals surface area contributed by atoms with Crippen LogP contribution in [0.25, 0.3) is 0 Å². The van der Waals surface area contributed by atoms with Crippen LogP contribution in [0.1, 0.15) is 30.2 Å². The second-order valence-electron chi connectivity index (χ2n) is 5.16. The third-order valence-corrected chi connectivity index (χ3v) is 5.00. The predicted molar refractivity (Wildman–Crippen MR) is 73.8 cm³/mol. The van der Waals surface area contributed by atoms with Crippen LogP contribution in [0.5, 0.6) is 0 Å². The number of fused-ring (bicyclic) bond motifs is 1. The van der Waals surface area contributed by atoms with Gasteiger partial charge in [-0.15, -0.1) is 11.3 Å². The quantitative estimate of drug-likeness (QED) is 0.843. The second-order valence-corrected chi connectivity index (χ2v) is 6.16. The number of carbonyl (C=O) groups excluding carboxylic acids is 2. The molecule has 5 heteroatoms. The van der Waals surface area contributed by atoms with Crippen molar-refractivity contribution in [3.63, 3.8) is 0 Å². The highest BCUT2D eigenvalue weighted by Gasteiger charge is 2.41. The third-order valence-electron chi connectivity index (χ3n) is 4.05. The molecule has 1 atom stereocenters. The van der Waals surface area contributed by atoms with E-state index in [1.54, 1.807) is 21.1 Å². The molecule has 3 heterocycles.